The number of ether oxygens (including phenoxy) is 1. The molecule has 0 aliphatic carbocycles. The van der Waals surface area contributed by atoms with Crippen LogP contribution in [-0.2, 0) is 16.5 Å². The highest BCUT2D eigenvalue weighted by Crippen LogP contribution is 2.17. The van der Waals surface area contributed by atoms with Crippen molar-refractivity contribution in [3.05, 3.63) is 59.7 Å². The predicted molar refractivity (Wildman–Crippen MR) is 144 cm³/mol. The van der Waals surface area contributed by atoms with E-state index in [4.69, 9.17) is 4.74 Å². The highest BCUT2D eigenvalue weighted by atomic mass is 79.9. The number of carbonyl (C=O) groups excluding carboxylic acids is 1. The summed E-state index contributed by atoms with van der Waals surface area (Å²) in [6.07, 6.45) is 16.5. The van der Waals surface area contributed by atoms with Gasteiger partial charge >= 0.3 is 0 Å². The molecule has 182 valence electrons. The molecular formula is C29H42BrNO2. The summed E-state index contributed by atoms with van der Waals surface area (Å²) in [7, 11) is 0. The summed E-state index contributed by atoms with van der Waals surface area (Å²) in [6, 6.07) is 15.8. The van der Waals surface area contributed by atoms with Crippen molar-refractivity contribution in [1.29, 1.82) is 0 Å². The second-order valence-corrected chi connectivity index (χ2v) is 9.50. The molecule has 0 spiro atoms. The zero-order valence-corrected chi connectivity index (χ0v) is 22.0. The van der Waals surface area contributed by atoms with Crippen molar-refractivity contribution in [3.63, 3.8) is 0 Å². The van der Waals surface area contributed by atoms with Gasteiger partial charge in [0.15, 0.2) is 0 Å². The predicted octanol–water partition coefficient (Wildman–Crippen LogP) is 8.84. The van der Waals surface area contributed by atoms with Crippen LogP contribution in [0.2, 0.25) is 0 Å². The maximum absolute atomic E-state index is 12.4. The number of carbonyl (C=O) groups is 1. The molecule has 3 nitrogen and oxygen atoms in total. The lowest BCUT2D eigenvalue weighted by atomic mass is 10.1. The van der Waals surface area contributed by atoms with E-state index in [2.05, 4.69) is 28.2 Å². The van der Waals surface area contributed by atoms with Gasteiger partial charge in [0.1, 0.15) is 5.75 Å². The highest BCUT2D eigenvalue weighted by Gasteiger charge is 2.06. The van der Waals surface area contributed by atoms with Crippen LogP contribution in [-0.4, -0.2) is 12.5 Å². The summed E-state index contributed by atoms with van der Waals surface area (Å²) in [5.74, 6) is 0.837. The van der Waals surface area contributed by atoms with Crippen molar-refractivity contribution in [1.82, 2.24) is 0 Å². The van der Waals surface area contributed by atoms with Crippen LogP contribution in [0.5, 0.6) is 5.75 Å². The lowest BCUT2D eigenvalue weighted by molar-refractivity contribution is -0.115. The van der Waals surface area contributed by atoms with Crippen molar-refractivity contribution in [2.75, 3.05) is 11.9 Å². The SMILES string of the molecule is CCCCCCCCCCCCCCOc1cccc(CC(=O)Nc2cccc(CBr)c2)c1. The number of hydrogen-bond acceptors (Lipinski definition) is 2. The van der Waals surface area contributed by atoms with E-state index < -0.39 is 0 Å². The van der Waals surface area contributed by atoms with E-state index in [0.29, 0.717) is 6.42 Å². The molecule has 4 heteroatoms. The fourth-order valence-electron chi connectivity index (χ4n) is 4.00. The average Bonchev–Trinajstić information content (AvgIpc) is 2.82. The van der Waals surface area contributed by atoms with Crippen LogP contribution >= 0.6 is 15.9 Å². The first-order chi connectivity index (χ1) is 16.2. The summed E-state index contributed by atoms with van der Waals surface area (Å²) >= 11 is 3.45. The number of anilines is 1. The molecule has 0 radical (unpaired) electrons. The Balaban J connectivity index is 1.55. The Kier molecular flexibility index (Phi) is 14.7. The van der Waals surface area contributed by atoms with Crippen LogP contribution < -0.4 is 10.1 Å². The quantitative estimate of drug-likeness (QED) is 0.159. The van der Waals surface area contributed by atoms with E-state index in [0.717, 1.165) is 40.9 Å². The summed E-state index contributed by atoms with van der Waals surface area (Å²) in [4.78, 5) is 12.4. The first kappa shape index (κ1) is 27.4. The lowest BCUT2D eigenvalue weighted by Crippen LogP contribution is -2.14. The summed E-state index contributed by atoms with van der Waals surface area (Å²) < 4.78 is 5.93. The maximum Gasteiger partial charge on any atom is 0.228 e. The van der Waals surface area contributed by atoms with Crippen molar-refractivity contribution >= 4 is 27.5 Å². The normalized spacial score (nSPS) is 10.8. The minimum atomic E-state index is -0.0140. The number of unbranched alkanes of at least 4 members (excludes halogenated alkanes) is 11. The van der Waals surface area contributed by atoms with E-state index in [9.17, 15) is 4.79 Å². The Labute approximate surface area is 209 Å². The van der Waals surface area contributed by atoms with Gasteiger partial charge in [-0.25, -0.2) is 0 Å². The van der Waals surface area contributed by atoms with Crippen molar-refractivity contribution in [2.45, 2.75) is 95.7 Å². The Morgan fingerprint density at radius 2 is 1.39 bits per heavy atom. The van der Waals surface area contributed by atoms with Gasteiger partial charge in [-0.05, 0) is 41.8 Å². The third-order valence-electron chi connectivity index (χ3n) is 5.89. The third-order valence-corrected chi connectivity index (χ3v) is 6.54. The standard InChI is InChI=1S/C29H42BrNO2/c1-2-3-4-5-6-7-8-9-10-11-12-13-20-33-28-19-15-16-25(22-28)23-29(32)31-27-18-14-17-26(21-27)24-30/h14-19,21-22H,2-13,20,23-24H2,1H3,(H,31,32). The van der Waals surface area contributed by atoms with Crippen LogP contribution in [0.4, 0.5) is 5.69 Å². The third kappa shape index (κ3) is 12.9. The molecule has 0 atom stereocenters. The highest BCUT2D eigenvalue weighted by molar-refractivity contribution is 9.08. The van der Waals surface area contributed by atoms with Crippen LogP contribution in [0.25, 0.3) is 0 Å². The Bertz CT molecular complexity index is 793. The van der Waals surface area contributed by atoms with E-state index in [-0.39, 0.29) is 5.91 Å². The maximum atomic E-state index is 12.4. The minimum Gasteiger partial charge on any atom is -0.494 e. The van der Waals surface area contributed by atoms with Crippen LogP contribution in [0.3, 0.4) is 0 Å². The second kappa shape index (κ2) is 17.6. The molecule has 0 bridgehead atoms. The Morgan fingerprint density at radius 3 is 2.06 bits per heavy atom. The zero-order chi connectivity index (χ0) is 23.6. The number of hydrogen-bond donors (Lipinski definition) is 1. The van der Waals surface area contributed by atoms with Gasteiger partial charge in [0.25, 0.3) is 0 Å². The summed E-state index contributed by atoms with van der Waals surface area (Å²) in [5, 5.41) is 3.75. The molecule has 0 saturated heterocycles. The van der Waals surface area contributed by atoms with Gasteiger partial charge in [-0.2, -0.15) is 0 Å². The van der Waals surface area contributed by atoms with Crippen LogP contribution in [0, 0.1) is 0 Å². The van der Waals surface area contributed by atoms with Crippen LogP contribution in [0.1, 0.15) is 95.1 Å². The minimum absolute atomic E-state index is 0.0140. The van der Waals surface area contributed by atoms with E-state index in [1.807, 2.05) is 48.5 Å². The molecule has 0 fully saturated rings. The van der Waals surface area contributed by atoms with Gasteiger partial charge in [-0.1, -0.05) is 118 Å². The second-order valence-electron chi connectivity index (χ2n) is 8.94. The smallest absolute Gasteiger partial charge is 0.228 e. The first-order valence-corrected chi connectivity index (χ1v) is 14.0. The van der Waals surface area contributed by atoms with E-state index >= 15 is 0 Å². The zero-order valence-electron chi connectivity index (χ0n) is 20.4. The number of rotatable bonds is 18. The largest absolute Gasteiger partial charge is 0.494 e. The molecule has 0 aliphatic heterocycles. The molecule has 2 aromatic carbocycles. The number of benzene rings is 2. The number of nitrogens with one attached hydrogen (secondary N) is 1. The Hall–Kier alpha value is -1.81. The van der Waals surface area contributed by atoms with E-state index in [1.165, 1.54) is 70.6 Å². The van der Waals surface area contributed by atoms with Gasteiger partial charge in [-0.15, -0.1) is 0 Å². The number of alkyl halides is 1. The molecule has 0 aliphatic rings. The molecule has 0 aromatic heterocycles. The average molecular weight is 517 g/mol. The van der Waals surface area contributed by atoms with E-state index in [1.54, 1.807) is 0 Å². The van der Waals surface area contributed by atoms with Crippen molar-refractivity contribution in [2.24, 2.45) is 0 Å². The molecule has 0 heterocycles. The molecule has 1 amide bonds. The van der Waals surface area contributed by atoms with Gasteiger partial charge in [0.2, 0.25) is 5.91 Å². The van der Waals surface area contributed by atoms with Gasteiger partial charge < -0.3 is 10.1 Å². The molecule has 33 heavy (non-hydrogen) atoms. The van der Waals surface area contributed by atoms with Crippen molar-refractivity contribution < 1.29 is 9.53 Å². The van der Waals surface area contributed by atoms with Crippen LogP contribution in [0.15, 0.2) is 48.5 Å². The molecule has 2 aromatic rings. The Morgan fingerprint density at radius 1 is 0.788 bits per heavy atom. The topological polar surface area (TPSA) is 38.3 Å². The van der Waals surface area contributed by atoms with Gasteiger partial charge in [0, 0.05) is 11.0 Å². The molecule has 2 rings (SSSR count). The fourth-order valence-corrected chi connectivity index (χ4v) is 4.35. The monoisotopic (exact) mass is 515 g/mol. The lowest BCUT2D eigenvalue weighted by Gasteiger charge is -2.09. The van der Waals surface area contributed by atoms with Crippen molar-refractivity contribution in [3.8, 4) is 5.75 Å². The molecule has 0 unspecified atom stereocenters. The fraction of sp³-hybridized carbons (Fsp3) is 0.552. The first-order valence-electron chi connectivity index (χ1n) is 12.9. The van der Waals surface area contributed by atoms with Gasteiger partial charge in [-0.3, -0.25) is 4.79 Å². The number of halogens is 1. The van der Waals surface area contributed by atoms with Gasteiger partial charge in [0.05, 0.1) is 13.0 Å². The molecule has 1 N–H and O–H groups in total. The number of amides is 1. The summed E-state index contributed by atoms with van der Waals surface area (Å²) in [5.41, 5.74) is 2.94. The molecular weight excluding hydrogens is 474 g/mol. The summed E-state index contributed by atoms with van der Waals surface area (Å²) in [6.45, 7) is 3.02. The molecule has 0 saturated carbocycles.